The Balaban J connectivity index is 2.22. The third-order valence-electron chi connectivity index (χ3n) is 2.41. The molecule has 118 valence electrons. The van der Waals surface area contributed by atoms with E-state index in [0.29, 0.717) is 0 Å². The predicted octanol–water partition coefficient (Wildman–Crippen LogP) is 3.43. The van der Waals surface area contributed by atoms with Crippen molar-refractivity contribution in [1.82, 2.24) is 4.98 Å². The van der Waals surface area contributed by atoms with Crippen LogP contribution in [0.3, 0.4) is 0 Å². The van der Waals surface area contributed by atoms with E-state index in [-0.39, 0.29) is 32.4 Å². The lowest BCUT2D eigenvalue weighted by molar-refractivity contribution is 0.0520. The number of aromatic nitrogens is 1. The highest BCUT2D eigenvalue weighted by Crippen LogP contribution is 2.26. The normalized spacial score (nSPS) is 11.2. The summed E-state index contributed by atoms with van der Waals surface area (Å²) in [6.07, 6.45) is 0. The molecule has 0 saturated heterocycles. The number of thiazole rings is 1. The van der Waals surface area contributed by atoms with Crippen molar-refractivity contribution in [3.05, 3.63) is 39.3 Å². The van der Waals surface area contributed by atoms with Gasteiger partial charge in [0, 0.05) is 5.38 Å². The second-order valence-electron chi connectivity index (χ2n) is 3.94. The fourth-order valence-corrected chi connectivity index (χ4v) is 3.76. The molecule has 0 aliphatic heterocycles. The van der Waals surface area contributed by atoms with Crippen LogP contribution in [0.2, 0.25) is 10.0 Å². The second-order valence-corrected chi connectivity index (χ2v) is 7.29. The molecule has 1 heterocycles. The molecular weight excluding hydrogens is 371 g/mol. The van der Waals surface area contributed by atoms with Crippen molar-refractivity contribution in [1.29, 1.82) is 0 Å². The molecule has 1 aromatic heterocycles. The minimum atomic E-state index is -3.87. The summed E-state index contributed by atoms with van der Waals surface area (Å²) in [5, 5.41) is 1.83. The molecule has 2 aromatic rings. The minimum Gasteiger partial charge on any atom is -0.461 e. The molecule has 0 spiro atoms. The maximum absolute atomic E-state index is 12.2. The van der Waals surface area contributed by atoms with Gasteiger partial charge < -0.3 is 4.74 Å². The fourth-order valence-electron chi connectivity index (χ4n) is 1.44. The number of hydrogen-bond acceptors (Lipinski definition) is 6. The molecule has 0 aliphatic carbocycles. The Morgan fingerprint density at radius 1 is 1.36 bits per heavy atom. The number of halogens is 2. The van der Waals surface area contributed by atoms with Crippen molar-refractivity contribution in [3.63, 3.8) is 0 Å². The van der Waals surface area contributed by atoms with E-state index in [4.69, 9.17) is 27.9 Å². The number of benzene rings is 1. The summed E-state index contributed by atoms with van der Waals surface area (Å²) in [4.78, 5) is 15.3. The van der Waals surface area contributed by atoms with Crippen LogP contribution in [0.15, 0.2) is 28.5 Å². The Morgan fingerprint density at radius 3 is 2.73 bits per heavy atom. The van der Waals surface area contributed by atoms with Crippen LogP contribution in [-0.4, -0.2) is 26.0 Å². The van der Waals surface area contributed by atoms with E-state index in [1.54, 1.807) is 6.92 Å². The van der Waals surface area contributed by atoms with Gasteiger partial charge in [0.25, 0.3) is 10.0 Å². The minimum absolute atomic E-state index is 0.0405. The first-order valence-corrected chi connectivity index (χ1v) is 9.06. The number of esters is 1. The summed E-state index contributed by atoms with van der Waals surface area (Å²) >= 11 is 12.5. The van der Waals surface area contributed by atoms with E-state index < -0.39 is 16.0 Å². The summed E-state index contributed by atoms with van der Waals surface area (Å²) in [6, 6.07) is 3.92. The zero-order valence-electron chi connectivity index (χ0n) is 11.2. The van der Waals surface area contributed by atoms with Crippen LogP contribution in [0.1, 0.15) is 17.4 Å². The van der Waals surface area contributed by atoms with Crippen LogP contribution < -0.4 is 4.72 Å². The topological polar surface area (TPSA) is 85.4 Å². The number of sulfonamides is 1. The van der Waals surface area contributed by atoms with E-state index in [9.17, 15) is 13.2 Å². The fraction of sp³-hybridized carbons (Fsp3) is 0.167. The summed E-state index contributed by atoms with van der Waals surface area (Å²) in [6.45, 7) is 1.87. The molecule has 0 amide bonds. The van der Waals surface area contributed by atoms with Crippen molar-refractivity contribution in [2.24, 2.45) is 0 Å². The highest BCUT2D eigenvalue weighted by atomic mass is 35.5. The second kappa shape index (κ2) is 6.82. The smallest absolute Gasteiger partial charge is 0.357 e. The molecule has 0 saturated carbocycles. The highest BCUT2D eigenvalue weighted by molar-refractivity contribution is 7.93. The molecule has 1 aromatic carbocycles. The average Bonchev–Trinajstić information content (AvgIpc) is 2.90. The Morgan fingerprint density at radius 2 is 2.09 bits per heavy atom. The molecule has 22 heavy (non-hydrogen) atoms. The molecule has 0 unspecified atom stereocenters. The molecule has 6 nitrogen and oxygen atoms in total. The van der Waals surface area contributed by atoms with Crippen molar-refractivity contribution < 1.29 is 17.9 Å². The Labute approximate surface area is 141 Å². The highest BCUT2D eigenvalue weighted by Gasteiger charge is 2.19. The van der Waals surface area contributed by atoms with Gasteiger partial charge in [-0.15, -0.1) is 11.3 Å². The van der Waals surface area contributed by atoms with Gasteiger partial charge >= 0.3 is 5.97 Å². The summed E-state index contributed by atoms with van der Waals surface area (Å²) in [5.74, 6) is -0.612. The maximum atomic E-state index is 12.2. The summed E-state index contributed by atoms with van der Waals surface area (Å²) in [7, 11) is -3.87. The quantitative estimate of drug-likeness (QED) is 0.802. The standard InChI is InChI=1S/C12H10Cl2N2O4S2/c1-2-20-11(17)10-6-21-12(15-10)16-22(18,19)7-3-4-8(13)9(14)5-7/h3-6H,2H2,1H3,(H,15,16). The number of hydrogen-bond donors (Lipinski definition) is 1. The lowest BCUT2D eigenvalue weighted by atomic mass is 10.4. The predicted molar refractivity (Wildman–Crippen MR) is 85.3 cm³/mol. The zero-order chi connectivity index (χ0) is 16.3. The number of nitrogens with one attached hydrogen (secondary N) is 1. The monoisotopic (exact) mass is 380 g/mol. The third kappa shape index (κ3) is 3.89. The van der Waals surface area contributed by atoms with E-state index in [1.165, 1.54) is 23.6 Å². The van der Waals surface area contributed by atoms with Gasteiger partial charge in [-0.25, -0.2) is 18.2 Å². The molecular formula is C12H10Cl2N2O4S2. The molecule has 0 radical (unpaired) electrons. The Bertz CT molecular complexity index is 805. The Hall–Kier alpha value is -1.35. The zero-order valence-corrected chi connectivity index (χ0v) is 14.3. The first-order valence-electron chi connectivity index (χ1n) is 5.94. The number of nitrogens with zero attached hydrogens (tertiary/aromatic N) is 1. The number of carbonyl (C=O) groups is 1. The first kappa shape index (κ1) is 17.0. The van der Waals surface area contributed by atoms with E-state index >= 15 is 0 Å². The number of anilines is 1. The molecule has 0 bridgehead atoms. The van der Waals surface area contributed by atoms with Crippen molar-refractivity contribution in [3.8, 4) is 0 Å². The van der Waals surface area contributed by atoms with E-state index in [0.717, 1.165) is 11.3 Å². The van der Waals surface area contributed by atoms with Gasteiger partial charge in [0.15, 0.2) is 10.8 Å². The lowest BCUT2D eigenvalue weighted by Gasteiger charge is -2.06. The van der Waals surface area contributed by atoms with Gasteiger partial charge in [-0.1, -0.05) is 23.2 Å². The maximum Gasteiger partial charge on any atom is 0.357 e. The molecule has 10 heteroatoms. The molecule has 0 fully saturated rings. The number of carbonyl (C=O) groups excluding carboxylic acids is 1. The van der Waals surface area contributed by atoms with E-state index in [1.807, 2.05) is 0 Å². The number of rotatable bonds is 5. The van der Waals surface area contributed by atoms with Gasteiger partial charge in [0.1, 0.15) is 0 Å². The van der Waals surface area contributed by atoms with Gasteiger partial charge in [-0.3, -0.25) is 4.72 Å². The lowest BCUT2D eigenvalue weighted by Crippen LogP contribution is -2.13. The molecule has 0 atom stereocenters. The van der Waals surface area contributed by atoms with Crippen LogP contribution in [0.5, 0.6) is 0 Å². The van der Waals surface area contributed by atoms with Crippen molar-refractivity contribution >= 4 is 55.7 Å². The summed E-state index contributed by atoms with van der Waals surface area (Å²) < 4.78 is 31.5. The number of ether oxygens (including phenoxy) is 1. The van der Waals surface area contributed by atoms with Crippen LogP contribution in [-0.2, 0) is 14.8 Å². The molecule has 1 N–H and O–H groups in total. The average molecular weight is 381 g/mol. The summed E-state index contributed by atoms with van der Waals surface area (Å²) in [5.41, 5.74) is 0.0405. The van der Waals surface area contributed by atoms with E-state index in [2.05, 4.69) is 9.71 Å². The van der Waals surface area contributed by atoms with Gasteiger partial charge in [0.05, 0.1) is 21.5 Å². The Kier molecular flexibility index (Phi) is 5.28. The van der Waals surface area contributed by atoms with Crippen LogP contribution in [0.25, 0.3) is 0 Å². The van der Waals surface area contributed by atoms with Gasteiger partial charge in [-0.2, -0.15) is 0 Å². The van der Waals surface area contributed by atoms with Crippen molar-refractivity contribution in [2.75, 3.05) is 11.3 Å². The van der Waals surface area contributed by atoms with Crippen molar-refractivity contribution in [2.45, 2.75) is 11.8 Å². The van der Waals surface area contributed by atoms with Crippen LogP contribution in [0, 0.1) is 0 Å². The van der Waals surface area contributed by atoms with Gasteiger partial charge in [0.2, 0.25) is 0 Å². The molecule has 2 rings (SSSR count). The first-order chi connectivity index (χ1) is 10.3. The SMILES string of the molecule is CCOC(=O)c1csc(NS(=O)(=O)c2ccc(Cl)c(Cl)c2)n1. The van der Waals surface area contributed by atoms with Crippen LogP contribution >= 0.6 is 34.5 Å². The third-order valence-corrected chi connectivity index (χ3v) is 5.37. The molecule has 0 aliphatic rings. The largest absolute Gasteiger partial charge is 0.461 e. The van der Waals surface area contributed by atoms with Gasteiger partial charge in [-0.05, 0) is 25.1 Å². The van der Waals surface area contributed by atoms with Crippen LogP contribution in [0.4, 0.5) is 5.13 Å².